The number of anilines is 1. The van der Waals surface area contributed by atoms with Crippen LogP contribution in [0.1, 0.15) is 19.8 Å². The molecule has 0 bridgehead atoms. The summed E-state index contributed by atoms with van der Waals surface area (Å²) in [7, 11) is 1.94. The van der Waals surface area contributed by atoms with Gasteiger partial charge in [-0.1, -0.05) is 0 Å². The molecule has 0 saturated carbocycles. The number of nitro benzene ring substituents is 1. The van der Waals surface area contributed by atoms with Gasteiger partial charge < -0.3 is 15.0 Å². The first kappa shape index (κ1) is 14.6. The SMILES string of the molecule is CCOc1cc(N2CCCC2CNC)ccc1[N+](=O)[O-]. The van der Waals surface area contributed by atoms with Crippen molar-refractivity contribution < 1.29 is 9.66 Å². The summed E-state index contributed by atoms with van der Waals surface area (Å²) in [6, 6.07) is 5.58. The number of nitro groups is 1. The second kappa shape index (κ2) is 6.56. The molecule has 1 saturated heterocycles. The van der Waals surface area contributed by atoms with E-state index in [0.717, 1.165) is 31.6 Å². The van der Waals surface area contributed by atoms with Gasteiger partial charge in [-0.2, -0.15) is 0 Å². The fraction of sp³-hybridized carbons (Fsp3) is 0.571. The molecule has 110 valence electrons. The molecule has 1 atom stereocenters. The molecule has 1 unspecified atom stereocenters. The Morgan fingerprint density at radius 2 is 2.35 bits per heavy atom. The van der Waals surface area contributed by atoms with Crippen LogP contribution in [0.15, 0.2) is 18.2 Å². The van der Waals surface area contributed by atoms with Crippen molar-refractivity contribution in [1.29, 1.82) is 0 Å². The lowest BCUT2D eigenvalue weighted by Crippen LogP contribution is -2.36. The summed E-state index contributed by atoms with van der Waals surface area (Å²) in [5.41, 5.74) is 1.02. The molecule has 0 amide bonds. The zero-order chi connectivity index (χ0) is 14.5. The molecule has 20 heavy (non-hydrogen) atoms. The van der Waals surface area contributed by atoms with E-state index in [1.165, 1.54) is 6.07 Å². The number of rotatable bonds is 6. The fourth-order valence-electron chi connectivity index (χ4n) is 2.73. The van der Waals surface area contributed by atoms with E-state index >= 15 is 0 Å². The predicted molar refractivity (Wildman–Crippen MR) is 78.6 cm³/mol. The molecular formula is C14H21N3O3. The minimum absolute atomic E-state index is 0.0277. The molecule has 1 fully saturated rings. The summed E-state index contributed by atoms with van der Waals surface area (Å²) in [5.74, 6) is 0.352. The van der Waals surface area contributed by atoms with Crippen LogP contribution in [0.2, 0.25) is 0 Å². The van der Waals surface area contributed by atoms with Gasteiger partial charge in [0, 0.05) is 37.0 Å². The van der Waals surface area contributed by atoms with E-state index in [1.54, 1.807) is 6.07 Å². The first-order chi connectivity index (χ1) is 9.67. The van der Waals surface area contributed by atoms with Crippen molar-refractivity contribution in [2.75, 3.05) is 31.6 Å². The number of hydrogen-bond acceptors (Lipinski definition) is 5. The third-order valence-corrected chi connectivity index (χ3v) is 3.59. The van der Waals surface area contributed by atoms with Crippen molar-refractivity contribution in [3.63, 3.8) is 0 Å². The molecule has 0 radical (unpaired) electrons. The molecule has 1 aliphatic rings. The Balaban J connectivity index is 2.28. The van der Waals surface area contributed by atoms with Crippen LogP contribution in [-0.4, -0.2) is 37.7 Å². The van der Waals surface area contributed by atoms with Gasteiger partial charge in [0.2, 0.25) is 0 Å². The van der Waals surface area contributed by atoms with Crippen LogP contribution in [0.4, 0.5) is 11.4 Å². The van der Waals surface area contributed by atoms with Crippen molar-refractivity contribution in [2.45, 2.75) is 25.8 Å². The van der Waals surface area contributed by atoms with E-state index in [1.807, 2.05) is 20.0 Å². The highest BCUT2D eigenvalue weighted by molar-refractivity contribution is 5.60. The Morgan fingerprint density at radius 3 is 3.00 bits per heavy atom. The lowest BCUT2D eigenvalue weighted by atomic mass is 10.2. The van der Waals surface area contributed by atoms with Crippen molar-refractivity contribution in [3.8, 4) is 5.75 Å². The smallest absolute Gasteiger partial charge is 0.311 e. The predicted octanol–water partition coefficient (Wildman–Crippen LogP) is 2.18. The first-order valence-corrected chi connectivity index (χ1v) is 6.99. The quantitative estimate of drug-likeness (QED) is 0.638. The molecule has 1 heterocycles. The largest absolute Gasteiger partial charge is 0.487 e. The number of nitrogens with zero attached hydrogens (tertiary/aromatic N) is 2. The second-order valence-corrected chi connectivity index (χ2v) is 4.89. The van der Waals surface area contributed by atoms with E-state index in [9.17, 15) is 10.1 Å². The molecule has 1 aliphatic heterocycles. The maximum atomic E-state index is 11.0. The van der Waals surface area contributed by atoms with Crippen LogP contribution in [-0.2, 0) is 0 Å². The topological polar surface area (TPSA) is 67.6 Å². The minimum Gasteiger partial charge on any atom is -0.487 e. The van der Waals surface area contributed by atoms with E-state index in [0.29, 0.717) is 18.4 Å². The maximum absolute atomic E-state index is 11.0. The number of ether oxygens (including phenoxy) is 1. The van der Waals surface area contributed by atoms with Crippen LogP contribution in [0, 0.1) is 10.1 Å². The zero-order valence-corrected chi connectivity index (χ0v) is 12.0. The zero-order valence-electron chi connectivity index (χ0n) is 12.0. The molecule has 1 N–H and O–H groups in total. The van der Waals surface area contributed by atoms with Crippen LogP contribution in [0.3, 0.4) is 0 Å². The molecular weight excluding hydrogens is 258 g/mol. The van der Waals surface area contributed by atoms with Gasteiger partial charge in [-0.3, -0.25) is 10.1 Å². The Morgan fingerprint density at radius 1 is 1.55 bits per heavy atom. The molecule has 1 aromatic carbocycles. The fourth-order valence-corrected chi connectivity index (χ4v) is 2.73. The standard InChI is InChI=1S/C14H21N3O3/c1-3-20-14-9-11(6-7-13(14)17(18)19)16-8-4-5-12(16)10-15-2/h6-7,9,12,15H,3-5,8,10H2,1-2H3. The average molecular weight is 279 g/mol. The van der Waals surface area contributed by atoms with Crippen molar-refractivity contribution in [3.05, 3.63) is 28.3 Å². The van der Waals surface area contributed by atoms with Crippen LogP contribution < -0.4 is 15.0 Å². The highest BCUT2D eigenvalue weighted by atomic mass is 16.6. The highest BCUT2D eigenvalue weighted by Gasteiger charge is 2.26. The second-order valence-electron chi connectivity index (χ2n) is 4.89. The molecule has 2 rings (SSSR count). The Labute approximate surface area is 118 Å². The van der Waals surface area contributed by atoms with Gasteiger partial charge in [-0.15, -0.1) is 0 Å². The number of benzene rings is 1. The molecule has 1 aromatic rings. The monoisotopic (exact) mass is 279 g/mol. The van der Waals surface area contributed by atoms with Gasteiger partial charge in [0.15, 0.2) is 5.75 Å². The van der Waals surface area contributed by atoms with Gasteiger partial charge >= 0.3 is 5.69 Å². The van der Waals surface area contributed by atoms with Gasteiger partial charge in [-0.25, -0.2) is 0 Å². The summed E-state index contributed by atoms with van der Waals surface area (Å²) in [5, 5.41) is 14.2. The van der Waals surface area contributed by atoms with Crippen LogP contribution in [0.25, 0.3) is 0 Å². The van der Waals surface area contributed by atoms with E-state index in [4.69, 9.17) is 4.74 Å². The average Bonchev–Trinajstić information content (AvgIpc) is 2.87. The van der Waals surface area contributed by atoms with Gasteiger partial charge in [-0.05, 0) is 32.9 Å². The number of nitrogens with one attached hydrogen (secondary N) is 1. The third-order valence-electron chi connectivity index (χ3n) is 3.59. The number of likely N-dealkylation sites (N-methyl/N-ethyl adjacent to an activating group) is 1. The Kier molecular flexibility index (Phi) is 4.79. The normalized spacial score (nSPS) is 18.3. The molecule has 6 heteroatoms. The maximum Gasteiger partial charge on any atom is 0.311 e. The van der Waals surface area contributed by atoms with Crippen LogP contribution in [0.5, 0.6) is 5.75 Å². The summed E-state index contributed by atoms with van der Waals surface area (Å²) < 4.78 is 5.41. The van der Waals surface area contributed by atoms with E-state index < -0.39 is 4.92 Å². The molecule has 0 spiro atoms. The lowest BCUT2D eigenvalue weighted by molar-refractivity contribution is -0.385. The minimum atomic E-state index is -0.399. The highest BCUT2D eigenvalue weighted by Crippen LogP contribution is 2.34. The number of hydrogen-bond donors (Lipinski definition) is 1. The summed E-state index contributed by atoms with van der Waals surface area (Å²) >= 11 is 0. The van der Waals surface area contributed by atoms with Crippen molar-refractivity contribution in [1.82, 2.24) is 5.32 Å². The molecule has 0 aliphatic carbocycles. The summed E-state index contributed by atoms with van der Waals surface area (Å²) in [4.78, 5) is 12.9. The summed E-state index contributed by atoms with van der Waals surface area (Å²) in [6.07, 6.45) is 2.29. The van der Waals surface area contributed by atoms with Crippen molar-refractivity contribution in [2.24, 2.45) is 0 Å². The Hall–Kier alpha value is -1.82. The van der Waals surface area contributed by atoms with Crippen molar-refractivity contribution >= 4 is 11.4 Å². The first-order valence-electron chi connectivity index (χ1n) is 6.99. The van der Waals surface area contributed by atoms with Gasteiger partial charge in [0.1, 0.15) is 0 Å². The molecule has 6 nitrogen and oxygen atoms in total. The van der Waals surface area contributed by atoms with Crippen LogP contribution >= 0.6 is 0 Å². The van der Waals surface area contributed by atoms with Gasteiger partial charge in [0.05, 0.1) is 11.5 Å². The molecule has 0 aromatic heterocycles. The lowest BCUT2D eigenvalue weighted by Gasteiger charge is -2.27. The summed E-state index contributed by atoms with van der Waals surface area (Å²) in [6.45, 7) is 4.15. The third kappa shape index (κ3) is 3.01. The Bertz CT molecular complexity index is 479. The van der Waals surface area contributed by atoms with E-state index in [2.05, 4.69) is 10.2 Å². The van der Waals surface area contributed by atoms with Gasteiger partial charge in [0.25, 0.3) is 0 Å². The van der Waals surface area contributed by atoms with E-state index in [-0.39, 0.29) is 5.69 Å².